The lowest BCUT2D eigenvalue weighted by Gasteiger charge is -2.42. The Hall–Kier alpha value is -4.69. The minimum atomic E-state index is -0.0909. The van der Waals surface area contributed by atoms with Gasteiger partial charge in [0.2, 0.25) is 0 Å². The highest BCUT2D eigenvalue weighted by Gasteiger charge is 2.58. The molecule has 0 bridgehead atoms. The number of hydrogen-bond acceptors (Lipinski definition) is 2. The zero-order valence-electron chi connectivity index (χ0n) is 30.0. The smallest absolute Gasteiger partial charge is 0.145 e. The number of allylic oxidation sites excluding steroid dienone is 11. The van der Waals surface area contributed by atoms with Gasteiger partial charge in [-0.3, -0.25) is 4.99 Å². The summed E-state index contributed by atoms with van der Waals surface area (Å²) in [5, 5.41) is 3.74. The Kier molecular flexibility index (Phi) is 7.28. The first-order chi connectivity index (χ1) is 25.0. The maximum absolute atomic E-state index is 5.29. The molecular formula is C49H48N2. The molecule has 2 nitrogen and oxygen atoms in total. The molecule has 1 spiro atoms. The van der Waals surface area contributed by atoms with Gasteiger partial charge in [0.05, 0.1) is 5.71 Å². The summed E-state index contributed by atoms with van der Waals surface area (Å²) in [6, 6.07) is 29.4. The molecule has 2 saturated carbocycles. The van der Waals surface area contributed by atoms with Crippen molar-refractivity contribution in [2.75, 3.05) is 0 Å². The zero-order valence-corrected chi connectivity index (χ0v) is 30.0. The van der Waals surface area contributed by atoms with E-state index >= 15 is 0 Å². The van der Waals surface area contributed by atoms with Crippen molar-refractivity contribution >= 4 is 17.0 Å². The fraction of sp³-hybridized carbons (Fsp3) is 0.327. The van der Waals surface area contributed by atoms with E-state index in [9.17, 15) is 0 Å². The van der Waals surface area contributed by atoms with Crippen LogP contribution in [-0.4, -0.2) is 11.9 Å². The molecule has 6 aliphatic carbocycles. The summed E-state index contributed by atoms with van der Waals surface area (Å²) in [5.41, 5.74) is 15.4. The quantitative estimate of drug-likeness (QED) is 0.295. The summed E-state index contributed by atoms with van der Waals surface area (Å²) >= 11 is 0. The summed E-state index contributed by atoms with van der Waals surface area (Å²) in [4.78, 5) is 5.29. The molecule has 0 aromatic heterocycles. The standard InChI is InChI=1S/C49H48N2/c1-48(2)40-21-11-10-19-37(40)38-29-43-39(30-42(38)48)46-36(20-14-22-41(46)49(43)27-12-5-13-28-49)32-23-25-34(26-24-32)45-31-44(33-15-6-3-7-16-33)50-47(51-45)35-17-8-4-9-18-35/h3,6-8,10-11,14-26,29-31,38,41-42,46-47,50H,4-5,9,12-13,27-28H2,1-2H3. The average molecular weight is 665 g/mol. The van der Waals surface area contributed by atoms with Gasteiger partial charge < -0.3 is 5.32 Å². The van der Waals surface area contributed by atoms with E-state index < -0.39 is 0 Å². The molecule has 5 unspecified atom stereocenters. The van der Waals surface area contributed by atoms with Crippen LogP contribution in [0.25, 0.3) is 11.3 Å². The van der Waals surface area contributed by atoms with Gasteiger partial charge in [0, 0.05) is 22.9 Å². The van der Waals surface area contributed by atoms with Crippen molar-refractivity contribution in [2.45, 2.75) is 76.3 Å². The Morgan fingerprint density at radius 3 is 2.33 bits per heavy atom. The van der Waals surface area contributed by atoms with Crippen molar-refractivity contribution in [1.82, 2.24) is 5.32 Å². The maximum Gasteiger partial charge on any atom is 0.145 e. The zero-order chi connectivity index (χ0) is 34.2. The van der Waals surface area contributed by atoms with E-state index in [1.807, 2.05) is 0 Å². The fourth-order valence-electron chi connectivity index (χ4n) is 11.1. The van der Waals surface area contributed by atoms with Crippen molar-refractivity contribution in [3.8, 4) is 0 Å². The molecule has 2 heteroatoms. The number of aliphatic imine (C=N–C) groups is 1. The minimum absolute atomic E-state index is 0.0909. The molecule has 5 atom stereocenters. The summed E-state index contributed by atoms with van der Waals surface area (Å²) < 4.78 is 0. The second kappa shape index (κ2) is 11.9. The van der Waals surface area contributed by atoms with Crippen LogP contribution in [0, 0.1) is 23.2 Å². The van der Waals surface area contributed by atoms with E-state index in [-0.39, 0.29) is 17.0 Å². The molecule has 51 heavy (non-hydrogen) atoms. The molecule has 1 N–H and O–H groups in total. The van der Waals surface area contributed by atoms with E-state index in [1.165, 1.54) is 59.9 Å². The number of fused-ring (bicyclic) bond motifs is 8. The van der Waals surface area contributed by atoms with E-state index in [0.29, 0.717) is 23.7 Å². The van der Waals surface area contributed by atoms with Gasteiger partial charge in [-0.25, -0.2) is 0 Å². The normalized spacial score (nSPS) is 29.3. The Balaban J connectivity index is 1.03. The third kappa shape index (κ3) is 4.85. The van der Waals surface area contributed by atoms with Crippen LogP contribution in [-0.2, 0) is 5.41 Å². The SMILES string of the molecule is CC1(C)c2ccccc2C2C=C3C(=CC21)C1C(c2ccc(C4=NC(C5=CCCC=C5)NC(c5ccccc5)=C4)cc2)=CC=CC1C31CCCCC1. The second-order valence-electron chi connectivity index (χ2n) is 16.5. The molecule has 10 rings (SSSR count). The molecule has 3 aromatic rings. The topological polar surface area (TPSA) is 24.4 Å². The van der Waals surface area contributed by atoms with Gasteiger partial charge in [-0.15, -0.1) is 0 Å². The lowest BCUT2D eigenvalue weighted by Crippen LogP contribution is -2.32. The lowest BCUT2D eigenvalue weighted by molar-refractivity contribution is 0.186. The predicted molar refractivity (Wildman–Crippen MR) is 212 cm³/mol. The van der Waals surface area contributed by atoms with Crippen LogP contribution in [0.1, 0.15) is 92.5 Å². The Bertz CT molecular complexity index is 2140. The molecule has 1 aliphatic heterocycles. The molecule has 0 saturated heterocycles. The third-order valence-corrected chi connectivity index (χ3v) is 13.6. The van der Waals surface area contributed by atoms with Crippen molar-refractivity contribution in [3.63, 3.8) is 0 Å². The number of nitrogens with zero attached hydrogens (tertiary/aromatic N) is 1. The molecule has 0 amide bonds. The fourth-order valence-corrected chi connectivity index (χ4v) is 11.1. The monoisotopic (exact) mass is 664 g/mol. The van der Waals surface area contributed by atoms with Gasteiger partial charge in [0.1, 0.15) is 6.17 Å². The number of hydrogen-bond donors (Lipinski definition) is 1. The molecule has 3 aromatic carbocycles. The van der Waals surface area contributed by atoms with E-state index in [2.05, 4.69) is 153 Å². The molecular weight excluding hydrogens is 617 g/mol. The number of rotatable bonds is 4. The Labute approximate surface area is 303 Å². The third-order valence-electron chi connectivity index (χ3n) is 13.6. The second-order valence-corrected chi connectivity index (χ2v) is 16.5. The first-order valence-electron chi connectivity index (χ1n) is 19.5. The lowest BCUT2D eigenvalue weighted by atomic mass is 9.62. The van der Waals surface area contributed by atoms with Gasteiger partial charge in [-0.05, 0) is 99.1 Å². The largest absolute Gasteiger partial charge is 0.360 e. The first kappa shape index (κ1) is 31.1. The summed E-state index contributed by atoms with van der Waals surface area (Å²) in [6.45, 7) is 4.97. The van der Waals surface area contributed by atoms with Gasteiger partial charge in [0.15, 0.2) is 0 Å². The Morgan fingerprint density at radius 1 is 0.745 bits per heavy atom. The molecule has 254 valence electrons. The highest BCUT2D eigenvalue weighted by Crippen LogP contribution is 2.68. The van der Waals surface area contributed by atoms with Crippen molar-refractivity contribution in [2.24, 2.45) is 28.2 Å². The van der Waals surface area contributed by atoms with Crippen LogP contribution in [0.15, 0.2) is 155 Å². The van der Waals surface area contributed by atoms with Gasteiger partial charge in [0.25, 0.3) is 0 Å². The first-order valence-corrected chi connectivity index (χ1v) is 19.5. The van der Waals surface area contributed by atoms with Crippen molar-refractivity contribution in [1.29, 1.82) is 0 Å². The van der Waals surface area contributed by atoms with Gasteiger partial charge >= 0.3 is 0 Å². The molecule has 0 radical (unpaired) electrons. The van der Waals surface area contributed by atoms with Crippen molar-refractivity contribution < 1.29 is 0 Å². The molecule has 1 heterocycles. The van der Waals surface area contributed by atoms with Crippen molar-refractivity contribution in [3.05, 3.63) is 178 Å². The Morgan fingerprint density at radius 2 is 1.53 bits per heavy atom. The number of benzene rings is 3. The molecule has 2 fully saturated rings. The van der Waals surface area contributed by atoms with Crippen LogP contribution in [0.5, 0.6) is 0 Å². The maximum atomic E-state index is 5.29. The van der Waals surface area contributed by atoms with Crippen LogP contribution >= 0.6 is 0 Å². The highest BCUT2D eigenvalue weighted by molar-refractivity contribution is 6.13. The van der Waals surface area contributed by atoms with E-state index in [4.69, 9.17) is 4.99 Å². The van der Waals surface area contributed by atoms with Gasteiger partial charge in [-0.2, -0.15) is 0 Å². The summed E-state index contributed by atoms with van der Waals surface area (Å²) in [5.74, 6) is 1.90. The van der Waals surface area contributed by atoms with E-state index in [0.717, 1.165) is 24.3 Å². The number of nitrogens with one attached hydrogen (secondary N) is 1. The van der Waals surface area contributed by atoms with Crippen LogP contribution in [0.4, 0.5) is 0 Å². The summed E-state index contributed by atoms with van der Waals surface area (Å²) in [7, 11) is 0. The predicted octanol–water partition coefficient (Wildman–Crippen LogP) is 11.4. The van der Waals surface area contributed by atoms with E-state index in [1.54, 1.807) is 22.3 Å². The van der Waals surface area contributed by atoms with Crippen LogP contribution in [0.3, 0.4) is 0 Å². The van der Waals surface area contributed by atoms with Gasteiger partial charge in [-0.1, -0.05) is 161 Å². The van der Waals surface area contributed by atoms with Crippen LogP contribution in [0.2, 0.25) is 0 Å². The average Bonchev–Trinajstić information content (AvgIpc) is 3.59. The molecule has 7 aliphatic rings. The summed E-state index contributed by atoms with van der Waals surface area (Å²) in [6.07, 6.45) is 30.8. The minimum Gasteiger partial charge on any atom is -0.360 e. The van der Waals surface area contributed by atoms with Crippen LogP contribution < -0.4 is 5.32 Å². The highest BCUT2D eigenvalue weighted by atomic mass is 15.1.